The molecule has 0 aromatic carbocycles. The molecule has 0 aromatic rings. The Morgan fingerprint density at radius 1 is 1.46 bits per heavy atom. The van der Waals surface area contributed by atoms with E-state index in [-0.39, 0.29) is 6.42 Å². The minimum Gasteiger partial charge on any atom is -0.481 e. The van der Waals surface area contributed by atoms with Crippen LogP contribution in [0.5, 0.6) is 0 Å². The molecule has 1 aliphatic rings. The Morgan fingerprint density at radius 2 is 2.08 bits per heavy atom. The number of hydrogen-bond acceptors (Lipinski definition) is 4. The lowest BCUT2D eigenvalue weighted by molar-refractivity contribution is -0.539. The molecule has 3 atom stereocenters. The monoisotopic (exact) mass is 189 g/mol. The molecule has 0 aromatic heterocycles. The van der Waals surface area contributed by atoms with Crippen molar-refractivity contribution in [3.8, 4) is 0 Å². The smallest absolute Gasteiger partial charge is 0.309 e. The lowest BCUT2D eigenvalue weighted by atomic mass is 9.83. The van der Waals surface area contributed by atoms with Crippen LogP contribution in [0.15, 0.2) is 0 Å². The molecule has 13 heavy (non-hydrogen) atoms. The number of rotatable bonds is 2. The molecule has 3 unspecified atom stereocenters. The zero-order valence-corrected chi connectivity index (χ0v) is 6.92. The van der Waals surface area contributed by atoms with Crippen LogP contribution in [0, 0.1) is 16.0 Å². The van der Waals surface area contributed by atoms with Gasteiger partial charge in [0, 0.05) is 11.3 Å². The summed E-state index contributed by atoms with van der Waals surface area (Å²) in [5, 5.41) is 28.4. The zero-order valence-electron chi connectivity index (χ0n) is 6.92. The van der Waals surface area contributed by atoms with Gasteiger partial charge in [0.2, 0.25) is 6.04 Å². The van der Waals surface area contributed by atoms with Crippen molar-refractivity contribution in [3.63, 3.8) is 0 Å². The van der Waals surface area contributed by atoms with Gasteiger partial charge in [-0.3, -0.25) is 14.9 Å². The molecule has 0 heterocycles. The Bertz CT molecular complexity index is 207. The lowest BCUT2D eigenvalue weighted by Gasteiger charge is -2.26. The van der Waals surface area contributed by atoms with E-state index >= 15 is 0 Å². The van der Waals surface area contributed by atoms with E-state index in [0.717, 1.165) is 0 Å². The molecule has 1 aliphatic carbocycles. The van der Waals surface area contributed by atoms with Gasteiger partial charge in [0.05, 0.1) is 5.92 Å². The van der Waals surface area contributed by atoms with Crippen LogP contribution in [-0.4, -0.2) is 33.3 Å². The van der Waals surface area contributed by atoms with Crippen molar-refractivity contribution in [2.24, 2.45) is 5.92 Å². The molecule has 74 valence electrons. The van der Waals surface area contributed by atoms with Crippen LogP contribution in [-0.2, 0) is 4.79 Å². The summed E-state index contributed by atoms with van der Waals surface area (Å²) in [7, 11) is 0. The molecule has 0 aliphatic heterocycles. The van der Waals surface area contributed by atoms with Gasteiger partial charge in [0.1, 0.15) is 6.10 Å². The minimum atomic E-state index is -1.35. The third-order valence-corrected chi connectivity index (χ3v) is 2.41. The molecule has 6 nitrogen and oxygen atoms in total. The molecule has 2 N–H and O–H groups in total. The first-order valence-electron chi connectivity index (χ1n) is 4.08. The maximum Gasteiger partial charge on any atom is 0.309 e. The predicted octanol–water partition coefficient (Wildman–Crippen LogP) is -0.123. The van der Waals surface area contributed by atoms with Gasteiger partial charge >= 0.3 is 5.97 Å². The first-order chi connectivity index (χ1) is 6.04. The van der Waals surface area contributed by atoms with Crippen LogP contribution in [0.4, 0.5) is 0 Å². The Balaban J connectivity index is 2.71. The van der Waals surface area contributed by atoms with E-state index < -0.39 is 29.0 Å². The van der Waals surface area contributed by atoms with Crippen LogP contribution >= 0.6 is 0 Å². The molecule has 6 heteroatoms. The summed E-state index contributed by atoms with van der Waals surface area (Å²) in [6, 6.07) is -1.12. The lowest BCUT2D eigenvalue weighted by Crippen LogP contribution is -2.45. The third-order valence-electron chi connectivity index (χ3n) is 2.41. The van der Waals surface area contributed by atoms with Gasteiger partial charge in [0.25, 0.3) is 0 Å². The second kappa shape index (κ2) is 3.69. The van der Waals surface area contributed by atoms with E-state index in [4.69, 9.17) is 5.11 Å². The molecule has 0 amide bonds. The number of aliphatic carboxylic acids is 1. The first kappa shape index (κ1) is 9.91. The van der Waals surface area contributed by atoms with Crippen molar-refractivity contribution in [1.29, 1.82) is 0 Å². The molecule has 0 radical (unpaired) electrons. The Morgan fingerprint density at radius 3 is 2.54 bits per heavy atom. The highest BCUT2D eigenvalue weighted by Gasteiger charge is 2.42. The Hall–Kier alpha value is -1.17. The van der Waals surface area contributed by atoms with Gasteiger partial charge in [-0.1, -0.05) is 0 Å². The van der Waals surface area contributed by atoms with Gasteiger partial charge in [-0.05, 0) is 12.8 Å². The fraction of sp³-hybridized carbons (Fsp3) is 0.857. The molecular weight excluding hydrogens is 178 g/mol. The SMILES string of the molecule is O=C(O)C1CCCC([N+](=O)[O-])C1O. The summed E-state index contributed by atoms with van der Waals surface area (Å²) in [4.78, 5) is 20.3. The fourth-order valence-corrected chi connectivity index (χ4v) is 1.66. The highest BCUT2D eigenvalue weighted by atomic mass is 16.6. The van der Waals surface area contributed by atoms with E-state index in [2.05, 4.69) is 0 Å². The van der Waals surface area contributed by atoms with Crippen molar-refractivity contribution in [2.45, 2.75) is 31.4 Å². The van der Waals surface area contributed by atoms with Gasteiger partial charge in [-0.2, -0.15) is 0 Å². The summed E-state index contributed by atoms with van der Waals surface area (Å²) in [6.07, 6.45) is -0.278. The Kier molecular flexibility index (Phi) is 2.82. The maximum atomic E-state index is 10.6. The van der Waals surface area contributed by atoms with E-state index in [1.807, 2.05) is 0 Å². The van der Waals surface area contributed by atoms with Crippen LogP contribution in [0.2, 0.25) is 0 Å². The second-order valence-electron chi connectivity index (χ2n) is 3.22. The van der Waals surface area contributed by atoms with E-state index in [1.54, 1.807) is 0 Å². The number of carbonyl (C=O) groups is 1. The minimum absolute atomic E-state index is 0.262. The van der Waals surface area contributed by atoms with Gasteiger partial charge in [0.15, 0.2) is 0 Å². The number of aliphatic hydroxyl groups excluding tert-OH is 1. The van der Waals surface area contributed by atoms with E-state index in [0.29, 0.717) is 12.8 Å². The average Bonchev–Trinajstić information content (AvgIpc) is 2.03. The van der Waals surface area contributed by atoms with Crippen LogP contribution in [0.1, 0.15) is 19.3 Å². The number of aliphatic hydroxyl groups is 1. The average molecular weight is 189 g/mol. The van der Waals surface area contributed by atoms with Gasteiger partial charge < -0.3 is 10.2 Å². The van der Waals surface area contributed by atoms with Crippen molar-refractivity contribution < 1.29 is 19.9 Å². The zero-order chi connectivity index (χ0) is 10.0. The number of carboxylic acids is 1. The normalized spacial score (nSPS) is 34.1. The molecule has 1 saturated carbocycles. The van der Waals surface area contributed by atoms with Gasteiger partial charge in [-0.25, -0.2) is 0 Å². The number of nitro groups is 1. The van der Waals surface area contributed by atoms with Crippen LogP contribution < -0.4 is 0 Å². The second-order valence-corrected chi connectivity index (χ2v) is 3.22. The summed E-state index contributed by atoms with van der Waals surface area (Å²) >= 11 is 0. The fourth-order valence-electron chi connectivity index (χ4n) is 1.66. The standard InChI is InChI=1S/C7H11NO5/c9-6-4(7(10)11)2-1-3-5(6)8(12)13/h4-6,9H,1-3H2,(H,10,11). The molecule has 0 spiro atoms. The maximum absolute atomic E-state index is 10.6. The molecule has 1 rings (SSSR count). The summed E-state index contributed by atoms with van der Waals surface area (Å²) in [5.74, 6) is -2.14. The number of hydrogen-bond donors (Lipinski definition) is 2. The van der Waals surface area contributed by atoms with E-state index in [1.165, 1.54) is 0 Å². The van der Waals surface area contributed by atoms with Crippen molar-refractivity contribution >= 4 is 5.97 Å². The quantitative estimate of drug-likeness (QED) is 0.465. The van der Waals surface area contributed by atoms with Crippen LogP contribution in [0.25, 0.3) is 0 Å². The predicted molar refractivity (Wildman–Crippen MR) is 41.8 cm³/mol. The highest BCUT2D eigenvalue weighted by Crippen LogP contribution is 2.26. The third kappa shape index (κ3) is 1.95. The Labute approximate surface area is 74.3 Å². The molecular formula is C7H11NO5. The number of carboxylic acid groups (broad SMARTS) is 1. The van der Waals surface area contributed by atoms with Crippen molar-refractivity contribution in [1.82, 2.24) is 0 Å². The molecule has 0 saturated heterocycles. The molecule has 1 fully saturated rings. The topological polar surface area (TPSA) is 101 Å². The number of nitrogens with zero attached hydrogens (tertiary/aromatic N) is 1. The largest absolute Gasteiger partial charge is 0.481 e. The molecule has 0 bridgehead atoms. The summed E-state index contributed by atoms with van der Waals surface area (Å²) < 4.78 is 0. The van der Waals surface area contributed by atoms with Crippen molar-refractivity contribution in [2.75, 3.05) is 0 Å². The van der Waals surface area contributed by atoms with Gasteiger partial charge in [-0.15, -0.1) is 0 Å². The summed E-state index contributed by atoms with van der Waals surface area (Å²) in [6.45, 7) is 0. The summed E-state index contributed by atoms with van der Waals surface area (Å²) in [5.41, 5.74) is 0. The van der Waals surface area contributed by atoms with Crippen molar-refractivity contribution in [3.05, 3.63) is 10.1 Å². The first-order valence-corrected chi connectivity index (χ1v) is 4.08. The van der Waals surface area contributed by atoms with Crippen LogP contribution in [0.3, 0.4) is 0 Å². The highest BCUT2D eigenvalue weighted by molar-refractivity contribution is 5.70. The van der Waals surface area contributed by atoms with E-state index in [9.17, 15) is 20.0 Å².